The van der Waals surface area contributed by atoms with Crippen molar-refractivity contribution in [2.45, 2.75) is 31.7 Å². The molecule has 1 saturated heterocycles. The smallest absolute Gasteiger partial charge is 0.0414 e. The molecule has 1 aliphatic heterocycles. The topological polar surface area (TPSA) is 29.3 Å². The Bertz CT molecular complexity index is 579. The van der Waals surface area contributed by atoms with Gasteiger partial charge >= 0.3 is 0 Å². The normalized spacial score (nSPS) is 19.7. The SMILES string of the molecule is CC[C@H](N)c1ccccc1N1CCC(c2ccccc2)C1. The van der Waals surface area contributed by atoms with E-state index < -0.39 is 0 Å². The van der Waals surface area contributed by atoms with Crippen molar-refractivity contribution in [3.8, 4) is 0 Å². The highest BCUT2D eigenvalue weighted by Crippen LogP contribution is 2.34. The van der Waals surface area contributed by atoms with Crippen molar-refractivity contribution in [1.82, 2.24) is 0 Å². The van der Waals surface area contributed by atoms with Gasteiger partial charge in [0.05, 0.1) is 0 Å². The van der Waals surface area contributed by atoms with E-state index in [0.29, 0.717) is 5.92 Å². The minimum Gasteiger partial charge on any atom is -0.371 e. The monoisotopic (exact) mass is 280 g/mol. The van der Waals surface area contributed by atoms with Gasteiger partial charge in [-0.25, -0.2) is 0 Å². The molecule has 110 valence electrons. The fourth-order valence-corrected chi connectivity index (χ4v) is 3.29. The number of para-hydroxylation sites is 1. The molecule has 0 amide bonds. The summed E-state index contributed by atoms with van der Waals surface area (Å²) in [4.78, 5) is 2.50. The van der Waals surface area contributed by atoms with E-state index in [-0.39, 0.29) is 6.04 Å². The van der Waals surface area contributed by atoms with Crippen LogP contribution < -0.4 is 10.6 Å². The average Bonchev–Trinajstić information content (AvgIpc) is 3.05. The predicted molar refractivity (Wildman–Crippen MR) is 89.7 cm³/mol. The van der Waals surface area contributed by atoms with Crippen molar-refractivity contribution in [3.63, 3.8) is 0 Å². The third kappa shape index (κ3) is 2.96. The maximum atomic E-state index is 6.28. The van der Waals surface area contributed by atoms with Crippen LogP contribution in [0.5, 0.6) is 0 Å². The van der Waals surface area contributed by atoms with E-state index in [1.807, 2.05) is 0 Å². The van der Waals surface area contributed by atoms with E-state index in [1.165, 1.54) is 23.2 Å². The van der Waals surface area contributed by atoms with Crippen LogP contribution in [-0.4, -0.2) is 13.1 Å². The van der Waals surface area contributed by atoms with Crippen molar-refractivity contribution in [3.05, 3.63) is 65.7 Å². The highest BCUT2D eigenvalue weighted by molar-refractivity contribution is 5.56. The van der Waals surface area contributed by atoms with Crippen LogP contribution in [0.4, 0.5) is 5.69 Å². The number of hydrogen-bond donors (Lipinski definition) is 1. The van der Waals surface area contributed by atoms with Crippen LogP contribution in [0, 0.1) is 0 Å². The van der Waals surface area contributed by atoms with Crippen molar-refractivity contribution in [2.24, 2.45) is 5.73 Å². The molecule has 1 unspecified atom stereocenters. The first-order valence-electron chi connectivity index (χ1n) is 7.94. The largest absolute Gasteiger partial charge is 0.371 e. The van der Waals surface area contributed by atoms with Gasteiger partial charge in [-0.1, -0.05) is 55.5 Å². The van der Waals surface area contributed by atoms with Gasteiger partial charge in [0.15, 0.2) is 0 Å². The summed E-state index contributed by atoms with van der Waals surface area (Å²) in [5.41, 5.74) is 10.3. The Balaban J connectivity index is 1.81. The molecular weight excluding hydrogens is 256 g/mol. The quantitative estimate of drug-likeness (QED) is 0.914. The summed E-state index contributed by atoms with van der Waals surface area (Å²) in [6, 6.07) is 19.6. The van der Waals surface area contributed by atoms with Crippen LogP contribution in [0.3, 0.4) is 0 Å². The van der Waals surface area contributed by atoms with Gasteiger partial charge in [-0.15, -0.1) is 0 Å². The van der Waals surface area contributed by atoms with Gasteiger partial charge in [0.2, 0.25) is 0 Å². The number of nitrogens with zero attached hydrogens (tertiary/aromatic N) is 1. The highest BCUT2D eigenvalue weighted by atomic mass is 15.2. The van der Waals surface area contributed by atoms with Crippen LogP contribution in [0.1, 0.15) is 42.9 Å². The molecule has 2 N–H and O–H groups in total. The van der Waals surface area contributed by atoms with Crippen LogP contribution in [0.25, 0.3) is 0 Å². The fraction of sp³-hybridized carbons (Fsp3) is 0.368. The lowest BCUT2D eigenvalue weighted by Crippen LogP contribution is -2.23. The molecule has 3 rings (SSSR count). The Labute approximate surface area is 127 Å². The zero-order chi connectivity index (χ0) is 14.7. The van der Waals surface area contributed by atoms with Crippen LogP contribution in [-0.2, 0) is 0 Å². The lowest BCUT2D eigenvalue weighted by atomic mass is 9.98. The number of rotatable bonds is 4. The lowest BCUT2D eigenvalue weighted by Gasteiger charge is -2.24. The summed E-state index contributed by atoms with van der Waals surface area (Å²) in [6.45, 7) is 4.36. The van der Waals surface area contributed by atoms with E-state index >= 15 is 0 Å². The van der Waals surface area contributed by atoms with Gasteiger partial charge < -0.3 is 10.6 Å². The Kier molecular flexibility index (Phi) is 4.26. The number of nitrogens with two attached hydrogens (primary N) is 1. The van der Waals surface area contributed by atoms with Crippen molar-refractivity contribution in [2.75, 3.05) is 18.0 Å². The summed E-state index contributed by atoms with van der Waals surface area (Å²) < 4.78 is 0. The van der Waals surface area contributed by atoms with Gasteiger partial charge in [0.25, 0.3) is 0 Å². The second kappa shape index (κ2) is 6.31. The zero-order valence-electron chi connectivity index (χ0n) is 12.7. The Morgan fingerprint density at radius 3 is 2.57 bits per heavy atom. The van der Waals surface area contributed by atoms with E-state index in [4.69, 9.17) is 5.73 Å². The third-order valence-corrected chi connectivity index (χ3v) is 4.58. The zero-order valence-corrected chi connectivity index (χ0v) is 12.7. The third-order valence-electron chi connectivity index (χ3n) is 4.58. The molecule has 21 heavy (non-hydrogen) atoms. The molecule has 0 aliphatic carbocycles. The molecule has 2 atom stereocenters. The summed E-state index contributed by atoms with van der Waals surface area (Å²) in [7, 11) is 0. The second-order valence-corrected chi connectivity index (χ2v) is 5.92. The van der Waals surface area contributed by atoms with Crippen molar-refractivity contribution < 1.29 is 0 Å². The van der Waals surface area contributed by atoms with Crippen LogP contribution in [0.2, 0.25) is 0 Å². The minimum absolute atomic E-state index is 0.136. The summed E-state index contributed by atoms with van der Waals surface area (Å²) in [6.07, 6.45) is 2.20. The van der Waals surface area contributed by atoms with Crippen LogP contribution >= 0.6 is 0 Å². The van der Waals surface area contributed by atoms with E-state index in [1.54, 1.807) is 0 Å². The molecule has 0 aromatic heterocycles. The lowest BCUT2D eigenvalue weighted by molar-refractivity contribution is 0.694. The summed E-state index contributed by atoms with van der Waals surface area (Å²) in [5, 5.41) is 0. The fourth-order valence-electron chi connectivity index (χ4n) is 3.29. The summed E-state index contributed by atoms with van der Waals surface area (Å²) >= 11 is 0. The number of benzene rings is 2. The molecule has 1 fully saturated rings. The van der Waals surface area contributed by atoms with E-state index in [9.17, 15) is 0 Å². The Morgan fingerprint density at radius 1 is 1.10 bits per heavy atom. The minimum atomic E-state index is 0.136. The molecular formula is C19H24N2. The van der Waals surface area contributed by atoms with Gasteiger partial charge in [0.1, 0.15) is 0 Å². The maximum absolute atomic E-state index is 6.28. The molecule has 2 aromatic carbocycles. The molecule has 1 heterocycles. The van der Waals surface area contributed by atoms with Crippen LogP contribution in [0.15, 0.2) is 54.6 Å². The summed E-state index contributed by atoms with van der Waals surface area (Å²) in [5.74, 6) is 0.636. The molecule has 2 heteroatoms. The van der Waals surface area contributed by atoms with E-state index in [2.05, 4.69) is 66.4 Å². The first-order chi connectivity index (χ1) is 10.3. The van der Waals surface area contributed by atoms with Crippen molar-refractivity contribution >= 4 is 5.69 Å². The average molecular weight is 280 g/mol. The van der Waals surface area contributed by atoms with Gasteiger partial charge in [0, 0.05) is 30.7 Å². The Morgan fingerprint density at radius 2 is 1.81 bits per heavy atom. The first-order valence-corrected chi connectivity index (χ1v) is 7.94. The van der Waals surface area contributed by atoms with Crippen molar-refractivity contribution in [1.29, 1.82) is 0 Å². The number of hydrogen-bond acceptors (Lipinski definition) is 2. The highest BCUT2D eigenvalue weighted by Gasteiger charge is 2.25. The standard InChI is InChI=1S/C19H24N2/c1-2-18(20)17-10-6-7-11-19(17)21-13-12-16(14-21)15-8-4-3-5-9-15/h3-11,16,18H,2,12-14,20H2,1H3/t16?,18-/m0/s1. The molecule has 0 bridgehead atoms. The number of anilines is 1. The van der Waals surface area contributed by atoms with E-state index in [0.717, 1.165) is 19.5 Å². The predicted octanol–water partition coefficient (Wildman–Crippen LogP) is 4.09. The van der Waals surface area contributed by atoms with Gasteiger partial charge in [-0.3, -0.25) is 0 Å². The molecule has 0 radical (unpaired) electrons. The van der Waals surface area contributed by atoms with Gasteiger partial charge in [-0.2, -0.15) is 0 Å². The molecule has 0 spiro atoms. The molecule has 2 nitrogen and oxygen atoms in total. The second-order valence-electron chi connectivity index (χ2n) is 5.92. The van der Waals surface area contributed by atoms with Gasteiger partial charge in [-0.05, 0) is 30.0 Å². The first kappa shape index (κ1) is 14.2. The molecule has 2 aromatic rings. The molecule has 1 aliphatic rings. The maximum Gasteiger partial charge on any atom is 0.0414 e. The Hall–Kier alpha value is -1.80. The molecule has 0 saturated carbocycles.